The van der Waals surface area contributed by atoms with E-state index in [9.17, 15) is 39.6 Å². The number of benzene rings is 1. The van der Waals surface area contributed by atoms with Gasteiger partial charge >= 0.3 is 11.9 Å². The van der Waals surface area contributed by atoms with Crippen molar-refractivity contribution in [1.29, 1.82) is 0 Å². The van der Waals surface area contributed by atoms with Gasteiger partial charge in [0.2, 0.25) is 5.60 Å². The maximum atomic E-state index is 13.3. The van der Waals surface area contributed by atoms with E-state index < -0.39 is 40.8 Å². The fourth-order valence-electron chi connectivity index (χ4n) is 4.39. The number of fused-ring (bicyclic) bond motifs is 1. The number of hydrogen-bond acceptors (Lipinski definition) is 16. The van der Waals surface area contributed by atoms with Crippen molar-refractivity contribution in [2.45, 2.75) is 34.2 Å². The Morgan fingerprint density at radius 2 is 1.98 bits per heavy atom. The second kappa shape index (κ2) is 11.8. The Morgan fingerprint density at radius 1 is 1.20 bits per heavy atom. The Labute approximate surface area is 269 Å². The number of nitrogens with one attached hydrogen (secondary N) is 1. The van der Waals surface area contributed by atoms with Crippen molar-refractivity contribution < 1.29 is 44.4 Å². The first kappa shape index (κ1) is 30.6. The number of nitrogens with zero attached hydrogens (tertiary/aromatic N) is 5. The molecule has 16 nitrogen and oxygen atoms in total. The number of aliphatic carboxylic acids is 2. The van der Waals surface area contributed by atoms with Crippen molar-refractivity contribution in [2.24, 2.45) is 5.16 Å². The summed E-state index contributed by atoms with van der Waals surface area (Å²) in [7, 11) is 0. The molecule has 2 fully saturated rings. The molecule has 2 amide bonds. The lowest BCUT2D eigenvalue weighted by Gasteiger charge is -2.49. The maximum absolute atomic E-state index is 13.3. The molecule has 0 bridgehead atoms. The van der Waals surface area contributed by atoms with Crippen LogP contribution in [-0.4, -0.2) is 98.5 Å². The van der Waals surface area contributed by atoms with E-state index in [1.54, 1.807) is 6.07 Å². The minimum atomic E-state index is -1.53. The van der Waals surface area contributed by atoms with E-state index in [1.807, 2.05) is 0 Å². The number of rotatable bonds is 11. The number of nitrogens with two attached hydrogens (primary N) is 1. The van der Waals surface area contributed by atoms with Gasteiger partial charge in [-0.05, 0) is 23.8 Å². The second-order valence-corrected chi connectivity index (χ2v) is 14.1. The van der Waals surface area contributed by atoms with Crippen LogP contribution in [0.5, 0.6) is 11.5 Å². The number of anilines is 1. The molecule has 7 N–H and O–H groups in total. The Hall–Kier alpha value is -4.40. The number of carbonyl (C=O) groups excluding carboxylic acids is 2. The van der Waals surface area contributed by atoms with Crippen LogP contribution in [-0.2, 0) is 24.0 Å². The fourth-order valence-corrected chi connectivity index (χ4v) is 8.27. The third-order valence-corrected chi connectivity index (χ3v) is 11.1. The summed E-state index contributed by atoms with van der Waals surface area (Å²) >= 11 is 4.74. The van der Waals surface area contributed by atoms with E-state index in [4.69, 9.17) is 10.6 Å². The molecule has 6 rings (SSSR count). The number of carboxylic acids is 2. The van der Waals surface area contributed by atoms with Crippen molar-refractivity contribution in [2.75, 3.05) is 17.2 Å². The number of phenols is 2. The lowest BCUT2D eigenvalue weighted by molar-refractivity contribution is -0.153. The van der Waals surface area contributed by atoms with Gasteiger partial charge in [-0.25, -0.2) is 14.6 Å². The highest BCUT2D eigenvalue weighted by Gasteiger charge is 2.56. The van der Waals surface area contributed by atoms with Gasteiger partial charge in [0.1, 0.15) is 27.8 Å². The van der Waals surface area contributed by atoms with E-state index in [2.05, 4.69) is 25.7 Å². The van der Waals surface area contributed by atoms with E-state index in [0.717, 1.165) is 16.2 Å². The van der Waals surface area contributed by atoms with Crippen LogP contribution in [0.2, 0.25) is 0 Å². The minimum Gasteiger partial charge on any atom is -0.504 e. The number of thiazole rings is 1. The molecule has 3 aliphatic rings. The molecule has 234 valence electrons. The number of aromatic nitrogens is 3. The number of β-lactam (4-membered cyclic amide) rings is 1. The molecule has 3 aromatic rings. The van der Waals surface area contributed by atoms with Gasteiger partial charge in [0.25, 0.3) is 11.8 Å². The highest BCUT2D eigenvalue weighted by atomic mass is 32.2. The van der Waals surface area contributed by atoms with Crippen LogP contribution in [0.3, 0.4) is 0 Å². The average Bonchev–Trinajstić information content (AvgIpc) is 3.45. The Morgan fingerprint density at radius 3 is 2.62 bits per heavy atom. The fraction of sp³-hybridized carbons (Fsp3) is 0.280. The van der Waals surface area contributed by atoms with Crippen LogP contribution in [0.25, 0.3) is 10.6 Å². The molecule has 1 saturated heterocycles. The zero-order valence-corrected chi connectivity index (χ0v) is 25.8. The quantitative estimate of drug-likeness (QED) is 0.0548. The summed E-state index contributed by atoms with van der Waals surface area (Å²) in [6.07, 6.45) is 0.422. The number of amides is 2. The van der Waals surface area contributed by atoms with Crippen molar-refractivity contribution in [3.63, 3.8) is 0 Å². The summed E-state index contributed by atoms with van der Waals surface area (Å²) < 4.78 is 0.523. The van der Waals surface area contributed by atoms with Crippen molar-refractivity contribution in [3.05, 3.63) is 40.5 Å². The number of thioether (sulfide) groups is 2. The standard InChI is InChI=1S/C25H21N7O9S4/c26-23-27-11(8-43-23)14(31-41-25(3-4-25)22(39)40)17(35)28-15-19(36)32-16(21(37)38)10(6-42-20(15)32)7-44-24-30-29-18(45-24)9-1-2-12(33)13(34)5-9/h1-2,5,8,15,20,33-34H,3-4,6-7H2,(H2,26,27)(H,28,35)(H,37,38)(H,39,40)/t15-,20-/m1/s1. The van der Waals surface area contributed by atoms with Crippen LogP contribution >= 0.6 is 46.2 Å². The number of aromatic hydroxyl groups is 2. The van der Waals surface area contributed by atoms with Crippen LogP contribution in [0.4, 0.5) is 5.13 Å². The number of carbonyl (C=O) groups is 4. The highest BCUT2D eigenvalue weighted by molar-refractivity contribution is 8.01. The smallest absolute Gasteiger partial charge is 0.352 e. The molecule has 1 aromatic carbocycles. The first-order valence-corrected chi connectivity index (χ1v) is 16.6. The van der Waals surface area contributed by atoms with Crippen LogP contribution in [0, 0.1) is 0 Å². The molecular formula is C25H21N7O9S4. The van der Waals surface area contributed by atoms with Gasteiger partial charge in [0.15, 0.2) is 26.7 Å². The van der Waals surface area contributed by atoms with Gasteiger partial charge in [-0.15, -0.1) is 33.3 Å². The predicted octanol–water partition coefficient (Wildman–Crippen LogP) is 1.52. The predicted molar refractivity (Wildman–Crippen MR) is 163 cm³/mol. The Kier molecular flexibility index (Phi) is 8.05. The number of hydrogen-bond donors (Lipinski definition) is 6. The topological polar surface area (TPSA) is 251 Å². The van der Waals surface area contributed by atoms with Crippen LogP contribution in [0.1, 0.15) is 18.5 Å². The molecule has 2 aromatic heterocycles. The third kappa shape index (κ3) is 5.88. The third-order valence-electron chi connectivity index (χ3n) is 6.92. The number of carboxylic acid groups (broad SMARTS) is 2. The summed E-state index contributed by atoms with van der Waals surface area (Å²) in [5, 5.41) is 54.6. The first-order chi connectivity index (χ1) is 21.5. The van der Waals surface area contributed by atoms with Gasteiger partial charge in [0.05, 0.1) is 0 Å². The van der Waals surface area contributed by atoms with Gasteiger partial charge in [-0.2, -0.15) is 0 Å². The monoisotopic (exact) mass is 691 g/mol. The maximum Gasteiger partial charge on any atom is 0.352 e. The van der Waals surface area contributed by atoms with E-state index >= 15 is 0 Å². The zero-order chi connectivity index (χ0) is 32.0. The summed E-state index contributed by atoms with van der Waals surface area (Å²) in [6.45, 7) is 0. The molecule has 0 radical (unpaired) electrons. The van der Waals surface area contributed by atoms with Crippen molar-refractivity contribution >= 4 is 80.8 Å². The lowest BCUT2D eigenvalue weighted by Crippen LogP contribution is -2.71. The van der Waals surface area contributed by atoms with Gasteiger partial charge in [-0.1, -0.05) is 28.3 Å². The van der Waals surface area contributed by atoms with Crippen molar-refractivity contribution in [1.82, 2.24) is 25.4 Å². The number of oxime groups is 1. The minimum absolute atomic E-state index is 0.0311. The normalized spacial score (nSPS) is 20.3. The summed E-state index contributed by atoms with van der Waals surface area (Å²) in [4.78, 5) is 60.6. The van der Waals surface area contributed by atoms with E-state index in [1.165, 1.54) is 52.4 Å². The molecule has 20 heteroatoms. The molecule has 2 aliphatic heterocycles. The summed E-state index contributed by atoms with van der Waals surface area (Å²) in [5.74, 6) is -4.16. The first-order valence-electron chi connectivity index (χ1n) is 12.9. The van der Waals surface area contributed by atoms with Gasteiger partial charge < -0.3 is 36.3 Å². The Bertz CT molecular complexity index is 1800. The molecule has 4 heterocycles. The molecule has 45 heavy (non-hydrogen) atoms. The van der Waals surface area contributed by atoms with Crippen molar-refractivity contribution in [3.8, 4) is 22.1 Å². The van der Waals surface area contributed by atoms with Crippen LogP contribution < -0.4 is 11.1 Å². The molecule has 2 atom stereocenters. The Balaban J connectivity index is 1.15. The van der Waals surface area contributed by atoms with Gasteiger partial charge in [0, 0.05) is 35.3 Å². The van der Waals surface area contributed by atoms with Gasteiger partial charge in [-0.3, -0.25) is 14.5 Å². The SMILES string of the molecule is Nc1nc(C(=NOC2(C(=O)O)CC2)C(=O)N[C@@H]2C(=O)N3C(C(=O)O)=C(CSc4nnc(-c5ccc(O)c(O)c5)s4)CS[C@H]23)cs1. The molecule has 0 spiro atoms. The average molecular weight is 692 g/mol. The summed E-state index contributed by atoms with van der Waals surface area (Å²) in [5.41, 5.74) is 4.66. The van der Waals surface area contributed by atoms with E-state index in [0.29, 0.717) is 20.5 Å². The number of phenolic OH excluding ortho intramolecular Hbond substituents is 2. The summed E-state index contributed by atoms with van der Waals surface area (Å²) in [6, 6.07) is 3.17. The molecular weight excluding hydrogens is 671 g/mol. The lowest BCUT2D eigenvalue weighted by atomic mass is 10.0. The second-order valence-electron chi connectivity index (χ2n) is 9.89. The zero-order valence-electron chi connectivity index (χ0n) is 22.6. The number of nitrogen functional groups attached to an aromatic ring is 1. The highest BCUT2D eigenvalue weighted by Crippen LogP contribution is 2.43. The van der Waals surface area contributed by atoms with Crippen LogP contribution in [0.15, 0.2) is 44.3 Å². The molecule has 0 unspecified atom stereocenters. The molecule has 1 aliphatic carbocycles. The molecule has 1 saturated carbocycles. The van der Waals surface area contributed by atoms with E-state index in [-0.39, 0.29) is 58.1 Å². The largest absolute Gasteiger partial charge is 0.504 e.